The zero-order valence-corrected chi connectivity index (χ0v) is 46.3. The summed E-state index contributed by atoms with van der Waals surface area (Å²) in [5.41, 5.74) is 8.82. The van der Waals surface area contributed by atoms with Gasteiger partial charge in [-0.3, -0.25) is 4.79 Å². The van der Waals surface area contributed by atoms with Crippen molar-refractivity contribution < 1.29 is 42.7 Å². The summed E-state index contributed by atoms with van der Waals surface area (Å²) in [6.07, 6.45) is -1.60. The van der Waals surface area contributed by atoms with Crippen molar-refractivity contribution in [2.75, 3.05) is 34.0 Å². The molecule has 0 radical (unpaired) electrons. The van der Waals surface area contributed by atoms with Crippen LogP contribution in [-0.2, 0) is 22.9 Å². The van der Waals surface area contributed by atoms with Crippen molar-refractivity contribution in [1.29, 1.82) is 0 Å². The number of aliphatic hydroxyl groups excluding tert-OH is 2. The molecule has 0 aliphatic heterocycles. The summed E-state index contributed by atoms with van der Waals surface area (Å²) < 4.78 is 57.0. The average molecular weight is 1140 g/mol. The molecule has 0 saturated heterocycles. The van der Waals surface area contributed by atoms with Crippen molar-refractivity contribution in [3.05, 3.63) is 103 Å². The smallest absolute Gasteiger partial charge is 0.163 e. The van der Waals surface area contributed by atoms with Crippen molar-refractivity contribution in [3.63, 3.8) is 0 Å². The number of nitrogens with zero attached hydrogens (tertiary/aromatic N) is 4. The number of aliphatic hydroxyl groups is 2. The topological polar surface area (TPSA) is 156 Å². The number of ketones is 1. The first-order valence-corrected chi connectivity index (χ1v) is 32.8. The van der Waals surface area contributed by atoms with Crippen molar-refractivity contribution in [3.8, 4) is 34.3 Å². The van der Waals surface area contributed by atoms with E-state index in [0.29, 0.717) is 71.9 Å². The molecule has 7 aromatic rings. The third-order valence-electron chi connectivity index (χ3n) is 11.1. The summed E-state index contributed by atoms with van der Waals surface area (Å²) in [6.45, 7) is 15.4. The highest BCUT2D eigenvalue weighted by Crippen LogP contribution is 2.40. The Bertz CT molecular complexity index is 2840. The number of hydrogen-bond donors (Lipinski definition) is 3. The Morgan fingerprint density at radius 1 is 0.735 bits per heavy atom. The summed E-state index contributed by atoms with van der Waals surface area (Å²) in [4.78, 5) is 22.3. The van der Waals surface area contributed by atoms with Gasteiger partial charge < -0.3 is 44.0 Å². The predicted octanol–water partition coefficient (Wildman–Crippen LogP) is 12.7. The van der Waals surface area contributed by atoms with Gasteiger partial charge >= 0.3 is 0 Å². The van der Waals surface area contributed by atoms with Crippen LogP contribution in [0.2, 0.25) is 51.4 Å². The summed E-state index contributed by atoms with van der Waals surface area (Å²) in [5, 5.41) is 27.0. The average Bonchev–Trinajstić information content (AvgIpc) is 4.08. The molecular formula is C48H59Br2F2N5O7S2Si2. The van der Waals surface area contributed by atoms with E-state index in [1.54, 1.807) is 30.3 Å². The SMILES string of the molecule is COc1ccc(C(=O)CCC(O)c2c(Br)nc(-c3csc4c(F)cccc34)n2COCC[Si](C)(C)C)cc1OC.C[Si](C)(C)CCOCn1c(-c2csc3c(F)cccc23)nc(Br)c1C(O)CN. The van der Waals surface area contributed by atoms with Crippen LogP contribution in [0.4, 0.5) is 8.78 Å². The minimum absolute atomic E-state index is 0.0671. The monoisotopic (exact) mass is 1130 g/mol. The molecule has 366 valence electrons. The minimum Gasteiger partial charge on any atom is -0.493 e. The molecule has 0 spiro atoms. The van der Waals surface area contributed by atoms with Gasteiger partial charge in [0.25, 0.3) is 0 Å². The molecule has 0 saturated carbocycles. The van der Waals surface area contributed by atoms with Gasteiger partial charge in [0.15, 0.2) is 17.3 Å². The van der Waals surface area contributed by atoms with Crippen LogP contribution < -0.4 is 15.2 Å². The van der Waals surface area contributed by atoms with Crippen LogP contribution >= 0.6 is 54.5 Å². The summed E-state index contributed by atoms with van der Waals surface area (Å²) in [6, 6.07) is 17.0. The van der Waals surface area contributed by atoms with E-state index >= 15 is 0 Å². The highest BCUT2D eigenvalue weighted by atomic mass is 79.9. The van der Waals surface area contributed by atoms with Gasteiger partial charge in [-0.05, 0) is 80.7 Å². The molecule has 20 heteroatoms. The van der Waals surface area contributed by atoms with E-state index < -0.39 is 28.4 Å². The first-order chi connectivity index (χ1) is 32.3. The molecule has 12 nitrogen and oxygen atoms in total. The third-order valence-corrected chi connectivity index (χ3v) is 17.7. The van der Waals surface area contributed by atoms with Crippen molar-refractivity contribution in [1.82, 2.24) is 19.1 Å². The Morgan fingerprint density at radius 3 is 1.65 bits per heavy atom. The van der Waals surface area contributed by atoms with Gasteiger partial charge in [-0.2, -0.15) is 0 Å². The fraction of sp³-hybridized carbons (Fsp3) is 0.396. The molecule has 0 bridgehead atoms. The number of fused-ring (bicyclic) bond motifs is 2. The highest BCUT2D eigenvalue weighted by molar-refractivity contribution is 9.10. The molecule has 0 amide bonds. The van der Waals surface area contributed by atoms with Gasteiger partial charge in [0, 0.05) is 80.6 Å². The number of benzene rings is 3. The Morgan fingerprint density at radius 2 is 1.21 bits per heavy atom. The van der Waals surface area contributed by atoms with Crippen molar-refractivity contribution >= 4 is 96.6 Å². The van der Waals surface area contributed by atoms with Crippen molar-refractivity contribution in [2.24, 2.45) is 5.73 Å². The van der Waals surface area contributed by atoms with Crippen LogP contribution in [0, 0.1) is 11.6 Å². The molecule has 0 fully saturated rings. The lowest BCUT2D eigenvalue weighted by Gasteiger charge is -2.19. The largest absolute Gasteiger partial charge is 0.493 e. The molecule has 4 heterocycles. The normalized spacial score (nSPS) is 12.9. The number of rotatable bonds is 21. The molecule has 4 aromatic heterocycles. The number of carbonyl (C=O) groups is 1. The number of nitrogens with two attached hydrogens (primary N) is 1. The Balaban J connectivity index is 0.000000238. The Hall–Kier alpha value is -3.68. The van der Waals surface area contributed by atoms with E-state index in [9.17, 15) is 23.8 Å². The van der Waals surface area contributed by atoms with E-state index in [1.807, 2.05) is 32.0 Å². The second kappa shape index (κ2) is 23.5. The number of methoxy groups -OCH3 is 2. The quantitative estimate of drug-likeness (QED) is 0.0360. The van der Waals surface area contributed by atoms with Crippen molar-refractivity contribution in [2.45, 2.75) is 89.9 Å². The number of ether oxygens (including phenoxy) is 4. The van der Waals surface area contributed by atoms with E-state index in [0.717, 1.165) is 34.0 Å². The number of thiophene rings is 2. The van der Waals surface area contributed by atoms with Crippen LogP contribution in [0.3, 0.4) is 0 Å². The zero-order valence-electron chi connectivity index (χ0n) is 39.5. The number of aromatic nitrogens is 4. The van der Waals surface area contributed by atoms with E-state index in [4.69, 9.17) is 29.7 Å². The van der Waals surface area contributed by atoms with Crippen LogP contribution in [0.5, 0.6) is 11.5 Å². The first-order valence-electron chi connectivity index (χ1n) is 22.1. The summed E-state index contributed by atoms with van der Waals surface area (Å²) in [5.74, 6) is 1.53. The molecule has 0 aliphatic rings. The molecule has 2 atom stereocenters. The second-order valence-corrected chi connectivity index (χ2v) is 33.1. The molecular weight excluding hydrogens is 1080 g/mol. The fourth-order valence-electron chi connectivity index (χ4n) is 7.31. The Kier molecular flexibility index (Phi) is 18.5. The maximum absolute atomic E-state index is 14.5. The lowest BCUT2D eigenvalue weighted by molar-refractivity contribution is 0.0744. The highest BCUT2D eigenvalue weighted by Gasteiger charge is 2.27. The lowest BCUT2D eigenvalue weighted by Crippen LogP contribution is -2.23. The standard InChI is InChI=1S/C29H34BrFN2O5SSi.C19H25BrFN3O2SSi/c1-36-24-12-9-18(15-25(24)37-2)22(34)10-11-23(35)26-28(30)32-29(33(26)17-38-13-14-40(3,4)5)20-16-39-27-19(20)7-6-8-21(27)31;1-28(2,3)8-7-26-11-24-16(15(25)9-22)18(20)23-19(24)13-10-27-17-12(13)5-4-6-14(17)21/h6-9,12,15-16,23,35H,10-11,13-14,17H2,1-5H3;4-6,10,15,25H,7-9,11,22H2,1-3H3. The summed E-state index contributed by atoms with van der Waals surface area (Å²) >= 11 is 9.63. The van der Waals surface area contributed by atoms with E-state index in [1.165, 1.54) is 49.0 Å². The number of Topliss-reactive ketones (excluding diaryl/α,β-unsaturated/α-hetero) is 1. The van der Waals surface area contributed by atoms with Crippen LogP contribution in [0.1, 0.15) is 46.8 Å². The molecule has 7 rings (SSSR count). The maximum Gasteiger partial charge on any atom is 0.163 e. The minimum atomic E-state index is -1.31. The molecule has 4 N–H and O–H groups in total. The van der Waals surface area contributed by atoms with Crippen LogP contribution in [0.25, 0.3) is 42.9 Å². The second-order valence-electron chi connectivity index (χ2n) is 18.6. The van der Waals surface area contributed by atoms with Gasteiger partial charge in [0.1, 0.15) is 52.1 Å². The maximum atomic E-state index is 14.5. The van der Waals surface area contributed by atoms with Crippen LogP contribution in [-0.4, -0.2) is 85.2 Å². The molecule has 68 heavy (non-hydrogen) atoms. The van der Waals surface area contributed by atoms with Gasteiger partial charge in [-0.1, -0.05) is 63.5 Å². The number of imidazole rings is 2. The lowest BCUT2D eigenvalue weighted by atomic mass is 10.0. The van der Waals surface area contributed by atoms with Gasteiger partial charge in [-0.15, -0.1) is 22.7 Å². The zero-order chi connectivity index (χ0) is 49.5. The molecule has 2 unspecified atom stereocenters. The predicted molar refractivity (Wildman–Crippen MR) is 282 cm³/mol. The number of halogens is 4. The summed E-state index contributed by atoms with van der Waals surface area (Å²) in [7, 11) is 0.535. The van der Waals surface area contributed by atoms with E-state index in [2.05, 4.69) is 76.1 Å². The molecule has 0 aliphatic carbocycles. The Labute approximate surface area is 422 Å². The third kappa shape index (κ3) is 13.0. The van der Waals surface area contributed by atoms with E-state index in [-0.39, 0.29) is 50.3 Å². The number of carbonyl (C=O) groups excluding carboxylic acids is 1. The van der Waals surface area contributed by atoms with Gasteiger partial charge in [-0.25, -0.2) is 18.7 Å². The fourth-order valence-corrected chi connectivity index (χ4v) is 12.0. The van der Waals surface area contributed by atoms with Crippen LogP contribution in [0.15, 0.2) is 74.6 Å². The van der Waals surface area contributed by atoms with Gasteiger partial charge in [0.05, 0.1) is 41.1 Å². The number of hydrogen-bond acceptors (Lipinski definition) is 12. The first kappa shape index (κ1) is 53.7. The molecule has 3 aromatic carbocycles. The van der Waals surface area contributed by atoms with Gasteiger partial charge in [0.2, 0.25) is 0 Å².